The lowest BCUT2D eigenvalue weighted by Gasteiger charge is -2.19. The quantitative estimate of drug-likeness (QED) is 0.514. The van der Waals surface area contributed by atoms with Crippen LogP contribution in [0.5, 0.6) is 0 Å². The predicted molar refractivity (Wildman–Crippen MR) is 65.2 cm³/mol. The van der Waals surface area contributed by atoms with Gasteiger partial charge in [0.1, 0.15) is 6.54 Å². The summed E-state index contributed by atoms with van der Waals surface area (Å²) >= 11 is 0. The first-order valence-electron chi connectivity index (χ1n) is 5.58. The van der Waals surface area contributed by atoms with Crippen LogP contribution >= 0.6 is 0 Å². The number of benzene rings is 1. The number of carbonyl (C=O) groups is 1. The van der Waals surface area contributed by atoms with Gasteiger partial charge in [-0.1, -0.05) is 0 Å². The molecule has 0 unspecified atom stereocenters. The van der Waals surface area contributed by atoms with Crippen LogP contribution < -0.4 is 5.32 Å². The molecule has 1 rings (SSSR count). The normalized spacial score (nSPS) is 11.1. The minimum Gasteiger partial charge on any atom is -0.374 e. The number of alkyl halides is 3. The minimum atomic E-state index is -4.52. The molecule has 21 heavy (non-hydrogen) atoms. The second-order valence-corrected chi connectivity index (χ2v) is 4.14. The van der Waals surface area contributed by atoms with Crippen molar-refractivity contribution < 1.29 is 27.3 Å². The number of anilines is 1. The van der Waals surface area contributed by atoms with Gasteiger partial charge in [-0.25, -0.2) is 4.39 Å². The van der Waals surface area contributed by atoms with Crippen LogP contribution in [-0.2, 0) is 4.79 Å². The Hall–Kier alpha value is -2.39. The summed E-state index contributed by atoms with van der Waals surface area (Å²) in [6.45, 7) is -1.99. The van der Waals surface area contributed by atoms with E-state index >= 15 is 0 Å². The van der Waals surface area contributed by atoms with E-state index in [2.05, 4.69) is 5.32 Å². The molecule has 0 bridgehead atoms. The molecule has 0 heterocycles. The molecule has 6 nitrogen and oxygen atoms in total. The van der Waals surface area contributed by atoms with Crippen LogP contribution in [0, 0.1) is 15.9 Å². The summed E-state index contributed by atoms with van der Waals surface area (Å²) in [7, 11) is 0.962. The monoisotopic (exact) mass is 309 g/mol. The zero-order valence-corrected chi connectivity index (χ0v) is 10.8. The molecule has 0 atom stereocenters. The van der Waals surface area contributed by atoms with Crippen molar-refractivity contribution in [1.29, 1.82) is 0 Å². The molecule has 0 saturated heterocycles. The number of amides is 1. The first kappa shape index (κ1) is 16.7. The molecular weight excluding hydrogens is 298 g/mol. The van der Waals surface area contributed by atoms with E-state index in [0.29, 0.717) is 11.0 Å². The maximum atomic E-state index is 13.5. The van der Waals surface area contributed by atoms with E-state index in [1.165, 1.54) is 0 Å². The summed E-state index contributed by atoms with van der Waals surface area (Å²) in [5.41, 5.74) is -0.687. The summed E-state index contributed by atoms with van der Waals surface area (Å²) < 4.78 is 49.7. The van der Waals surface area contributed by atoms with Crippen LogP contribution in [0.4, 0.5) is 28.9 Å². The van der Waals surface area contributed by atoms with Crippen molar-refractivity contribution in [3.63, 3.8) is 0 Å². The fourth-order valence-electron chi connectivity index (χ4n) is 1.42. The van der Waals surface area contributed by atoms with Gasteiger partial charge in [-0.05, 0) is 6.07 Å². The SMILES string of the molecule is CN(CC(F)(F)F)C(=O)CNc1ccc([N+](=O)[O-])cc1F. The fourth-order valence-corrected chi connectivity index (χ4v) is 1.42. The Balaban J connectivity index is 2.63. The average Bonchev–Trinajstić information content (AvgIpc) is 2.34. The average molecular weight is 309 g/mol. The molecule has 1 N–H and O–H groups in total. The van der Waals surface area contributed by atoms with E-state index in [0.717, 1.165) is 19.2 Å². The van der Waals surface area contributed by atoms with Gasteiger partial charge in [0.05, 0.1) is 23.2 Å². The number of halogens is 4. The second-order valence-electron chi connectivity index (χ2n) is 4.14. The Morgan fingerprint density at radius 1 is 1.43 bits per heavy atom. The number of nitro groups is 1. The van der Waals surface area contributed by atoms with E-state index in [4.69, 9.17) is 0 Å². The lowest BCUT2D eigenvalue weighted by atomic mass is 10.2. The van der Waals surface area contributed by atoms with E-state index in [9.17, 15) is 32.5 Å². The van der Waals surface area contributed by atoms with E-state index in [1.807, 2.05) is 0 Å². The van der Waals surface area contributed by atoms with Gasteiger partial charge >= 0.3 is 6.18 Å². The summed E-state index contributed by atoms with van der Waals surface area (Å²) in [4.78, 5) is 21.5. The van der Waals surface area contributed by atoms with Gasteiger partial charge in [0.25, 0.3) is 5.69 Å². The fraction of sp³-hybridized carbons (Fsp3) is 0.364. The molecule has 10 heteroatoms. The number of nitro benzene ring substituents is 1. The molecule has 116 valence electrons. The summed E-state index contributed by atoms with van der Waals surface area (Å²) in [6.07, 6.45) is -4.52. The number of likely N-dealkylation sites (N-methyl/N-ethyl adjacent to an activating group) is 1. The Morgan fingerprint density at radius 3 is 2.52 bits per heavy atom. The predicted octanol–water partition coefficient (Wildman–Crippen LogP) is 2.17. The number of hydrogen-bond acceptors (Lipinski definition) is 4. The third kappa shape index (κ3) is 5.24. The maximum absolute atomic E-state index is 13.5. The van der Waals surface area contributed by atoms with Crippen molar-refractivity contribution in [1.82, 2.24) is 4.90 Å². The molecule has 1 aromatic carbocycles. The van der Waals surface area contributed by atoms with E-state index in [-0.39, 0.29) is 5.69 Å². The minimum absolute atomic E-state index is 0.214. The van der Waals surface area contributed by atoms with Gasteiger partial charge in [-0.15, -0.1) is 0 Å². The van der Waals surface area contributed by atoms with Crippen molar-refractivity contribution in [2.45, 2.75) is 6.18 Å². The van der Waals surface area contributed by atoms with Crippen molar-refractivity contribution in [2.24, 2.45) is 0 Å². The van der Waals surface area contributed by atoms with Crippen molar-refractivity contribution in [2.75, 3.05) is 25.5 Å². The smallest absolute Gasteiger partial charge is 0.374 e. The summed E-state index contributed by atoms with van der Waals surface area (Å²) in [5.74, 6) is -1.87. The van der Waals surface area contributed by atoms with Gasteiger partial charge in [0.15, 0.2) is 5.82 Å². The topological polar surface area (TPSA) is 75.5 Å². The molecule has 1 aromatic rings. The number of nitrogens with one attached hydrogen (secondary N) is 1. The van der Waals surface area contributed by atoms with Crippen LogP contribution in [0.3, 0.4) is 0 Å². The molecule has 0 aromatic heterocycles. The van der Waals surface area contributed by atoms with E-state index < -0.39 is 41.6 Å². The van der Waals surface area contributed by atoms with Crippen LogP contribution in [-0.4, -0.2) is 42.0 Å². The highest BCUT2D eigenvalue weighted by Gasteiger charge is 2.31. The number of non-ortho nitro benzene ring substituents is 1. The number of hydrogen-bond donors (Lipinski definition) is 1. The Labute approximate surface area is 116 Å². The highest BCUT2D eigenvalue weighted by Crippen LogP contribution is 2.20. The number of carbonyl (C=O) groups excluding carboxylic acids is 1. The van der Waals surface area contributed by atoms with Gasteiger partial charge in [0, 0.05) is 13.1 Å². The first-order chi connectivity index (χ1) is 9.60. The molecule has 0 aliphatic carbocycles. The molecule has 0 radical (unpaired) electrons. The van der Waals surface area contributed by atoms with Gasteiger partial charge in [-0.2, -0.15) is 13.2 Å². The molecule has 0 aliphatic rings. The molecule has 0 fully saturated rings. The molecule has 0 spiro atoms. The summed E-state index contributed by atoms with van der Waals surface area (Å²) in [6, 6.07) is 2.69. The van der Waals surface area contributed by atoms with Gasteiger partial charge in [0.2, 0.25) is 5.91 Å². The third-order valence-corrected chi connectivity index (χ3v) is 2.44. The highest BCUT2D eigenvalue weighted by molar-refractivity contribution is 5.80. The van der Waals surface area contributed by atoms with Crippen LogP contribution in [0.25, 0.3) is 0 Å². The Bertz CT molecular complexity index is 548. The molecular formula is C11H11F4N3O3. The van der Waals surface area contributed by atoms with Crippen LogP contribution in [0.1, 0.15) is 0 Å². The number of rotatable bonds is 5. The number of nitrogens with zero attached hydrogens (tertiary/aromatic N) is 2. The van der Waals surface area contributed by atoms with Crippen LogP contribution in [0.15, 0.2) is 18.2 Å². The zero-order chi connectivity index (χ0) is 16.2. The Morgan fingerprint density at radius 2 is 2.05 bits per heavy atom. The molecule has 0 aliphatic heterocycles. The molecule has 0 saturated carbocycles. The standard InChI is InChI=1S/C11H11F4N3O3/c1-17(6-11(13,14)15)10(19)5-16-9-3-2-7(18(20)21)4-8(9)12/h2-4,16H,5-6H2,1H3. The lowest BCUT2D eigenvalue weighted by molar-refractivity contribution is -0.385. The lowest BCUT2D eigenvalue weighted by Crippen LogP contribution is -2.39. The Kier molecular flexibility index (Phi) is 5.06. The summed E-state index contributed by atoms with van der Waals surface area (Å²) in [5, 5.41) is 12.7. The van der Waals surface area contributed by atoms with Crippen LogP contribution in [0.2, 0.25) is 0 Å². The molecule has 1 amide bonds. The van der Waals surface area contributed by atoms with E-state index in [1.54, 1.807) is 0 Å². The van der Waals surface area contributed by atoms with Crippen molar-refractivity contribution >= 4 is 17.3 Å². The first-order valence-corrected chi connectivity index (χ1v) is 5.58. The van der Waals surface area contributed by atoms with Crippen molar-refractivity contribution in [3.05, 3.63) is 34.1 Å². The third-order valence-electron chi connectivity index (χ3n) is 2.44. The largest absolute Gasteiger partial charge is 0.406 e. The van der Waals surface area contributed by atoms with Gasteiger partial charge in [-0.3, -0.25) is 14.9 Å². The second kappa shape index (κ2) is 6.37. The maximum Gasteiger partial charge on any atom is 0.406 e. The highest BCUT2D eigenvalue weighted by atomic mass is 19.4. The van der Waals surface area contributed by atoms with Gasteiger partial charge < -0.3 is 10.2 Å². The zero-order valence-electron chi connectivity index (χ0n) is 10.8. The van der Waals surface area contributed by atoms with Crippen molar-refractivity contribution in [3.8, 4) is 0 Å².